The highest BCUT2D eigenvalue weighted by Crippen LogP contribution is 2.21. The maximum atomic E-state index is 13.1. The molecule has 2 N–H and O–H groups in total. The molecule has 1 saturated heterocycles. The second-order valence-electron chi connectivity index (χ2n) is 6.80. The zero-order valence-electron chi connectivity index (χ0n) is 14.8. The summed E-state index contributed by atoms with van der Waals surface area (Å²) in [7, 11) is 0. The number of anilines is 1. The van der Waals surface area contributed by atoms with Gasteiger partial charge in [-0.05, 0) is 48.9 Å². The zero-order chi connectivity index (χ0) is 17.6. The van der Waals surface area contributed by atoms with Crippen molar-refractivity contribution in [1.82, 2.24) is 4.90 Å². The Bertz CT molecular complexity index is 709. The standard InChI is InChI=1S/C21H26N2O2/c1-16-7-8-19(13-20(16)22)21(24)23(14-17-5-3-2-4-6-17)15-18-9-11-25-12-10-18/h2-8,13,18H,9-12,14-15,22H2,1H3. The number of rotatable bonds is 5. The number of aryl methyl sites for hydroxylation is 1. The summed E-state index contributed by atoms with van der Waals surface area (Å²) in [5.74, 6) is 0.534. The van der Waals surface area contributed by atoms with Gasteiger partial charge in [-0.2, -0.15) is 0 Å². The molecular formula is C21H26N2O2. The van der Waals surface area contributed by atoms with Crippen LogP contribution in [0.2, 0.25) is 0 Å². The number of carbonyl (C=O) groups excluding carboxylic acids is 1. The second-order valence-corrected chi connectivity index (χ2v) is 6.80. The maximum absolute atomic E-state index is 13.1. The summed E-state index contributed by atoms with van der Waals surface area (Å²) in [4.78, 5) is 15.1. The summed E-state index contributed by atoms with van der Waals surface area (Å²) in [6.07, 6.45) is 2.02. The summed E-state index contributed by atoms with van der Waals surface area (Å²) in [6.45, 7) is 4.90. The van der Waals surface area contributed by atoms with Crippen LogP contribution in [0.25, 0.3) is 0 Å². The topological polar surface area (TPSA) is 55.6 Å². The Kier molecular flexibility index (Phi) is 5.71. The molecule has 1 heterocycles. The van der Waals surface area contributed by atoms with E-state index in [1.54, 1.807) is 6.07 Å². The van der Waals surface area contributed by atoms with Gasteiger partial charge in [-0.3, -0.25) is 4.79 Å². The number of hydrogen-bond donors (Lipinski definition) is 1. The average molecular weight is 338 g/mol. The summed E-state index contributed by atoms with van der Waals surface area (Å²) in [6, 6.07) is 15.7. The van der Waals surface area contributed by atoms with Gasteiger partial charge in [0.25, 0.3) is 5.91 Å². The Morgan fingerprint density at radius 1 is 1.16 bits per heavy atom. The molecule has 25 heavy (non-hydrogen) atoms. The highest BCUT2D eigenvalue weighted by molar-refractivity contribution is 5.95. The van der Waals surface area contributed by atoms with E-state index < -0.39 is 0 Å². The van der Waals surface area contributed by atoms with Gasteiger partial charge >= 0.3 is 0 Å². The fraction of sp³-hybridized carbons (Fsp3) is 0.381. The van der Waals surface area contributed by atoms with E-state index in [0.29, 0.717) is 23.7 Å². The van der Waals surface area contributed by atoms with Gasteiger partial charge in [0.15, 0.2) is 0 Å². The molecular weight excluding hydrogens is 312 g/mol. The van der Waals surface area contributed by atoms with Gasteiger partial charge in [0.2, 0.25) is 0 Å². The molecule has 0 bridgehead atoms. The molecule has 4 heteroatoms. The highest BCUT2D eigenvalue weighted by atomic mass is 16.5. The predicted octanol–water partition coefficient (Wildman–Crippen LogP) is 3.65. The Labute approximate surface area is 149 Å². The fourth-order valence-corrected chi connectivity index (χ4v) is 3.22. The van der Waals surface area contributed by atoms with Crippen molar-refractivity contribution in [2.45, 2.75) is 26.3 Å². The summed E-state index contributed by atoms with van der Waals surface area (Å²) in [5.41, 5.74) is 9.47. The van der Waals surface area contributed by atoms with E-state index in [-0.39, 0.29) is 5.91 Å². The van der Waals surface area contributed by atoms with Crippen molar-refractivity contribution in [3.8, 4) is 0 Å². The van der Waals surface area contributed by atoms with Crippen molar-refractivity contribution in [3.05, 3.63) is 65.2 Å². The van der Waals surface area contributed by atoms with Crippen LogP contribution >= 0.6 is 0 Å². The molecule has 0 radical (unpaired) electrons. The highest BCUT2D eigenvalue weighted by Gasteiger charge is 2.22. The molecule has 0 aliphatic carbocycles. The van der Waals surface area contributed by atoms with Crippen LogP contribution in [-0.2, 0) is 11.3 Å². The van der Waals surface area contributed by atoms with Crippen molar-refractivity contribution in [2.24, 2.45) is 5.92 Å². The molecule has 1 fully saturated rings. The average Bonchev–Trinajstić information content (AvgIpc) is 2.64. The van der Waals surface area contributed by atoms with Gasteiger partial charge in [-0.15, -0.1) is 0 Å². The van der Waals surface area contributed by atoms with Crippen LogP contribution in [0.3, 0.4) is 0 Å². The van der Waals surface area contributed by atoms with Crippen LogP contribution < -0.4 is 5.73 Å². The van der Waals surface area contributed by atoms with Crippen LogP contribution in [0, 0.1) is 12.8 Å². The Hall–Kier alpha value is -2.33. The molecule has 0 unspecified atom stereocenters. The van der Waals surface area contributed by atoms with Gasteiger partial charge in [-0.1, -0.05) is 36.4 Å². The van der Waals surface area contributed by atoms with E-state index >= 15 is 0 Å². The number of nitrogens with zero attached hydrogens (tertiary/aromatic N) is 1. The number of nitrogens with two attached hydrogens (primary N) is 1. The van der Waals surface area contributed by atoms with Crippen molar-refractivity contribution >= 4 is 11.6 Å². The van der Waals surface area contributed by atoms with Crippen LogP contribution in [-0.4, -0.2) is 30.6 Å². The summed E-state index contributed by atoms with van der Waals surface area (Å²) < 4.78 is 5.45. The second kappa shape index (κ2) is 8.17. The monoisotopic (exact) mass is 338 g/mol. The number of ether oxygens (including phenoxy) is 1. The van der Waals surface area contributed by atoms with E-state index in [9.17, 15) is 4.79 Å². The first-order chi connectivity index (χ1) is 12.1. The van der Waals surface area contributed by atoms with Crippen molar-refractivity contribution in [2.75, 3.05) is 25.5 Å². The molecule has 132 valence electrons. The quantitative estimate of drug-likeness (QED) is 0.847. The number of carbonyl (C=O) groups is 1. The maximum Gasteiger partial charge on any atom is 0.254 e. The lowest BCUT2D eigenvalue weighted by Crippen LogP contribution is -2.36. The van der Waals surface area contributed by atoms with E-state index in [1.807, 2.05) is 42.2 Å². The molecule has 2 aromatic rings. The molecule has 0 spiro atoms. The van der Waals surface area contributed by atoms with Crippen molar-refractivity contribution in [3.63, 3.8) is 0 Å². The Morgan fingerprint density at radius 2 is 1.88 bits per heavy atom. The number of nitrogen functional groups attached to an aromatic ring is 1. The molecule has 0 saturated carbocycles. The van der Waals surface area contributed by atoms with Crippen LogP contribution in [0.5, 0.6) is 0 Å². The molecule has 1 amide bonds. The first kappa shape index (κ1) is 17.5. The molecule has 2 aromatic carbocycles. The van der Waals surface area contributed by atoms with Gasteiger partial charge < -0.3 is 15.4 Å². The molecule has 1 aliphatic rings. The normalized spacial score (nSPS) is 15.1. The molecule has 1 aliphatic heterocycles. The van der Waals surface area contributed by atoms with Crippen LogP contribution in [0.1, 0.15) is 34.3 Å². The van der Waals surface area contributed by atoms with Gasteiger partial charge in [-0.25, -0.2) is 0 Å². The fourth-order valence-electron chi connectivity index (χ4n) is 3.22. The third kappa shape index (κ3) is 4.60. The Balaban J connectivity index is 1.80. The van der Waals surface area contributed by atoms with Crippen molar-refractivity contribution in [1.29, 1.82) is 0 Å². The van der Waals surface area contributed by atoms with Crippen LogP contribution in [0.15, 0.2) is 48.5 Å². The lowest BCUT2D eigenvalue weighted by Gasteiger charge is -2.30. The van der Waals surface area contributed by atoms with Gasteiger partial charge in [0.05, 0.1) is 0 Å². The molecule has 0 atom stereocenters. The Morgan fingerprint density at radius 3 is 2.56 bits per heavy atom. The first-order valence-corrected chi connectivity index (χ1v) is 8.90. The van der Waals surface area contributed by atoms with Crippen molar-refractivity contribution < 1.29 is 9.53 Å². The minimum absolute atomic E-state index is 0.0436. The largest absolute Gasteiger partial charge is 0.398 e. The summed E-state index contributed by atoms with van der Waals surface area (Å²) in [5, 5.41) is 0. The van der Waals surface area contributed by atoms with E-state index in [0.717, 1.165) is 43.7 Å². The molecule has 4 nitrogen and oxygen atoms in total. The zero-order valence-corrected chi connectivity index (χ0v) is 14.8. The third-order valence-corrected chi connectivity index (χ3v) is 4.85. The predicted molar refractivity (Wildman–Crippen MR) is 100 cm³/mol. The first-order valence-electron chi connectivity index (χ1n) is 8.90. The van der Waals surface area contributed by atoms with E-state index in [2.05, 4.69) is 12.1 Å². The van der Waals surface area contributed by atoms with Gasteiger partial charge in [0, 0.05) is 37.6 Å². The van der Waals surface area contributed by atoms with E-state index in [1.165, 1.54) is 0 Å². The smallest absolute Gasteiger partial charge is 0.254 e. The lowest BCUT2D eigenvalue weighted by atomic mass is 9.98. The van der Waals surface area contributed by atoms with E-state index in [4.69, 9.17) is 10.5 Å². The minimum atomic E-state index is 0.0436. The molecule has 0 aromatic heterocycles. The van der Waals surface area contributed by atoms with Gasteiger partial charge in [0.1, 0.15) is 0 Å². The number of hydrogen-bond acceptors (Lipinski definition) is 3. The summed E-state index contributed by atoms with van der Waals surface area (Å²) >= 11 is 0. The third-order valence-electron chi connectivity index (χ3n) is 4.85. The van der Waals surface area contributed by atoms with Crippen LogP contribution in [0.4, 0.5) is 5.69 Å². The SMILES string of the molecule is Cc1ccc(C(=O)N(Cc2ccccc2)CC2CCOCC2)cc1N. The lowest BCUT2D eigenvalue weighted by molar-refractivity contribution is 0.0446. The molecule has 3 rings (SSSR count). The number of benzene rings is 2. The number of amides is 1. The minimum Gasteiger partial charge on any atom is -0.398 e.